The largest absolute Gasteiger partial charge is 0.282 e. The van der Waals surface area contributed by atoms with Crippen molar-refractivity contribution >= 4 is 10.0 Å². The van der Waals surface area contributed by atoms with E-state index >= 15 is 0 Å². The summed E-state index contributed by atoms with van der Waals surface area (Å²) < 4.78 is 28.8. The molecule has 120 valence electrons. The Labute approximate surface area is 130 Å². The van der Waals surface area contributed by atoms with E-state index < -0.39 is 10.0 Å². The Balaban J connectivity index is 1.75. The number of nitrogens with zero attached hydrogens (tertiary/aromatic N) is 4. The van der Waals surface area contributed by atoms with Gasteiger partial charge in [0.2, 0.25) is 10.0 Å². The number of hydrogen-bond acceptors (Lipinski definition) is 4. The van der Waals surface area contributed by atoms with Crippen molar-refractivity contribution in [2.75, 3.05) is 13.1 Å². The average Bonchev–Trinajstić information content (AvgIpc) is 3.16. The number of H-pyrrole nitrogens is 1. The fourth-order valence-corrected chi connectivity index (χ4v) is 4.59. The normalized spacial score (nSPS) is 17.9. The third-order valence-corrected chi connectivity index (χ3v) is 6.26. The van der Waals surface area contributed by atoms with Gasteiger partial charge in [-0.2, -0.15) is 14.5 Å². The highest BCUT2D eigenvalue weighted by Gasteiger charge is 2.32. The molecule has 0 aromatic carbocycles. The van der Waals surface area contributed by atoms with Gasteiger partial charge in [-0.15, -0.1) is 0 Å². The van der Waals surface area contributed by atoms with Gasteiger partial charge < -0.3 is 0 Å². The molecule has 1 saturated heterocycles. The molecule has 1 fully saturated rings. The molecular weight excluding hydrogens is 302 g/mol. The molecule has 7 nitrogen and oxygen atoms in total. The summed E-state index contributed by atoms with van der Waals surface area (Å²) in [5.41, 5.74) is 1.66. The van der Waals surface area contributed by atoms with Gasteiger partial charge >= 0.3 is 0 Å². The van der Waals surface area contributed by atoms with Crippen molar-refractivity contribution in [2.45, 2.75) is 44.0 Å². The van der Waals surface area contributed by atoms with Gasteiger partial charge in [-0.1, -0.05) is 0 Å². The van der Waals surface area contributed by atoms with Crippen molar-refractivity contribution in [3.63, 3.8) is 0 Å². The molecule has 0 amide bonds. The zero-order valence-electron chi connectivity index (χ0n) is 12.9. The number of nitrogens with one attached hydrogen (secondary N) is 1. The average molecular weight is 323 g/mol. The highest BCUT2D eigenvalue weighted by molar-refractivity contribution is 7.89. The third kappa shape index (κ3) is 2.68. The van der Waals surface area contributed by atoms with Crippen LogP contribution in [0, 0.1) is 6.92 Å². The molecule has 8 heteroatoms. The van der Waals surface area contributed by atoms with Gasteiger partial charge in [-0.25, -0.2) is 8.42 Å². The van der Waals surface area contributed by atoms with Crippen LogP contribution in [0.1, 0.15) is 37.1 Å². The molecule has 0 radical (unpaired) electrons. The van der Waals surface area contributed by atoms with Crippen LogP contribution in [0.3, 0.4) is 0 Å². The molecule has 2 aromatic rings. The summed E-state index contributed by atoms with van der Waals surface area (Å²) in [4.78, 5) is 0.328. The molecule has 0 unspecified atom stereocenters. The molecule has 1 aliphatic heterocycles. The number of aryl methyl sites for hydroxylation is 2. The first-order chi connectivity index (χ1) is 10.5. The monoisotopic (exact) mass is 323 g/mol. The lowest BCUT2D eigenvalue weighted by molar-refractivity contribution is 0.316. The maximum atomic E-state index is 12.8. The van der Waals surface area contributed by atoms with E-state index in [-0.39, 0.29) is 0 Å². The lowest BCUT2D eigenvalue weighted by Gasteiger charge is -2.30. The molecule has 0 atom stereocenters. The van der Waals surface area contributed by atoms with Crippen LogP contribution in [0.25, 0.3) is 0 Å². The van der Waals surface area contributed by atoms with Gasteiger partial charge in [0.15, 0.2) is 0 Å². The van der Waals surface area contributed by atoms with E-state index in [9.17, 15) is 8.42 Å². The Morgan fingerprint density at radius 3 is 2.64 bits per heavy atom. The summed E-state index contributed by atoms with van der Waals surface area (Å²) >= 11 is 0. The van der Waals surface area contributed by atoms with Crippen LogP contribution >= 0.6 is 0 Å². The molecule has 0 spiro atoms. The minimum atomic E-state index is -3.45. The highest BCUT2D eigenvalue weighted by Crippen LogP contribution is 2.30. The van der Waals surface area contributed by atoms with Gasteiger partial charge in [-0.3, -0.25) is 9.78 Å². The number of aromatic nitrogens is 4. The second-order valence-electron chi connectivity index (χ2n) is 5.62. The van der Waals surface area contributed by atoms with E-state index in [1.54, 1.807) is 28.3 Å². The number of aromatic amines is 1. The SMILES string of the molecule is CCn1cc(S(=O)(=O)N2CCC(c3ccn[nH]3)CC2)c(C)n1. The maximum Gasteiger partial charge on any atom is 0.246 e. The summed E-state index contributed by atoms with van der Waals surface area (Å²) in [5, 5.41) is 11.2. The Bertz CT molecular complexity index is 727. The minimum Gasteiger partial charge on any atom is -0.282 e. The van der Waals surface area contributed by atoms with Gasteiger partial charge in [0.25, 0.3) is 0 Å². The van der Waals surface area contributed by atoms with Crippen LogP contribution in [0.4, 0.5) is 0 Å². The van der Waals surface area contributed by atoms with Crippen molar-refractivity contribution in [3.05, 3.63) is 29.8 Å². The summed E-state index contributed by atoms with van der Waals surface area (Å²) in [5.74, 6) is 0.355. The summed E-state index contributed by atoms with van der Waals surface area (Å²) in [6.45, 7) is 5.42. The van der Waals surface area contributed by atoms with Crippen molar-refractivity contribution in [3.8, 4) is 0 Å². The van der Waals surface area contributed by atoms with Gasteiger partial charge in [0.1, 0.15) is 4.90 Å². The summed E-state index contributed by atoms with van der Waals surface area (Å²) in [6.07, 6.45) is 4.98. The minimum absolute atomic E-state index is 0.328. The van der Waals surface area contributed by atoms with Crippen LogP contribution in [0.2, 0.25) is 0 Å². The Kier molecular flexibility index (Phi) is 4.05. The quantitative estimate of drug-likeness (QED) is 0.924. The topological polar surface area (TPSA) is 83.9 Å². The van der Waals surface area contributed by atoms with E-state index in [0.717, 1.165) is 18.5 Å². The van der Waals surface area contributed by atoms with Crippen molar-refractivity contribution in [1.82, 2.24) is 24.3 Å². The molecule has 3 heterocycles. The lowest BCUT2D eigenvalue weighted by Crippen LogP contribution is -2.38. The lowest BCUT2D eigenvalue weighted by atomic mass is 9.95. The molecule has 0 aliphatic carbocycles. The van der Waals surface area contributed by atoms with E-state index in [0.29, 0.717) is 36.1 Å². The van der Waals surface area contributed by atoms with E-state index in [2.05, 4.69) is 15.3 Å². The van der Waals surface area contributed by atoms with Crippen molar-refractivity contribution < 1.29 is 8.42 Å². The van der Waals surface area contributed by atoms with Crippen LogP contribution in [-0.2, 0) is 16.6 Å². The standard InChI is InChI=1S/C14H21N5O2S/c1-3-18-10-14(11(2)17-18)22(20,21)19-8-5-12(6-9-19)13-4-7-15-16-13/h4,7,10,12H,3,5-6,8-9H2,1-2H3,(H,15,16). The zero-order chi connectivity index (χ0) is 15.7. The van der Waals surface area contributed by atoms with Crippen molar-refractivity contribution in [2.24, 2.45) is 0 Å². The third-order valence-electron chi connectivity index (χ3n) is 4.26. The molecule has 1 aliphatic rings. The van der Waals surface area contributed by atoms with E-state index in [1.807, 2.05) is 13.0 Å². The van der Waals surface area contributed by atoms with Crippen LogP contribution in [-0.4, -0.2) is 45.8 Å². The van der Waals surface area contributed by atoms with Gasteiger partial charge in [0, 0.05) is 43.6 Å². The molecule has 0 bridgehead atoms. The fourth-order valence-electron chi connectivity index (χ4n) is 2.96. The molecule has 22 heavy (non-hydrogen) atoms. The van der Waals surface area contributed by atoms with Crippen molar-refractivity contribution in [1.29, 1.82) is 0 Å². The molecule has 3 rings (SSSR count). The molecular formula is C14H21N5O2S. The number of hydrogen-bond donors (Lipinski definition) is 1. The molecule has 0 saturated carbocycles. The second kappa shape index (κ2) is 5.85. The number of piperidine rings is 1. The Morgan fingerprint density at radius 1 is 1.36 bits per heavy atom. The predicted molar refractivity (Wildman–Crippen MR) is 82.0 cm³/mol. The smallest absolute Gasteiger partial charge is 0.246 e. The van der Waals surface area contributed by atoms with Crippen LogP contribution in [0.15, 0.2) is 23.4 Å². The maximum absolute atomic E-state index is 12.8. The summed E-state index contributed by atoms with van der Waals surface area (Å²) in [6, 6.07) is 1.96. The Hall–Kier alpha value is -1.67. The van der Waals surface area contributed by atoms with E-state index in [4.69, 9.17) is 0 Å². The summed E-state index contributed by atoms with van der Waals surface area (Å²) in [7, 11) is -3.45. The first-order valence-electron chi connectivity index (χ1n) is 7.56. The van der Waals surface area contributed by atoms with Gasteiger partial charge in [-0.05, 0) is 32.8 Å². The first-order valence-corrected chi connectivity index (χ1v) is 9.00. The molecule has 1 N–H and O–H groups in total. The first kappa shape index (κ1) is 15.2. The Morgan fingerprint density at radius 2 is 2.09 bits per heavy atom. The van der Waals surface area contributed by atoms with Crippen LogP contribution < -0.4 is 0 Å². The number of rotatable bonds is 4. The number of sulfonamides is 1. The second-order valence-corrected chi connectivity index (χ2v) is 7.53. The predicted octanol–water partition coefficient (Wildman–Crippen LogP) is 1.50. The zero-order valence-corrected chi connectivity index (χ0v) is 13.7. The van der Waals surface area contributed by atoms with Crippen LogP contribution in [0.5, 0.6) is 0 Å². The van der Waals surface area contributed by atoms with E-state index in [1.165, 1.54) is 0 Å². The molecule has 2 aromatic heterocycles. The highest BCUT2D eigenvalue weighted by atomic mass is 32.2. The van der Waals surface area contributed by atoms with Gasteiger partial charge in [0.05, 0.1) is 5.69 Å². The fraction of sp³-hybridized carbons (Fsp3) is 0.571.